The van der Waals surface area contributed by atoms with Crippen molar-refractivity contribution in [2.45, 2.75) is 132 Å². The van der Waals surface area contributed by atoms with Crippen molar-refractivity contribution in [3.05, 3.63) is 12.2 Å². The number of esters is 1. The number of ether oxygens (including phenoxy) is 1. The predicted octanol–water partition coefficient (Wildman–Crippen LogP) is 8.14. The van der Waals surface area contributed by atoms with Crippen LogP contribution in [-0.2, 0) is 19.1 Å². The predicted molar refractivity (Wildman–Crippen MR) is 163 cm³/mol. The van der Waals surface area contributed by atoms with Gasteiger partial charge in [0.1, 0.15) is 6.10 Å². The van der Waals surface area contributed by atoms with Crippen LogP contribution in [0.25, 0.3) is 0 Å². The molecule has 0 amide bonds. The van der Waals surface area contributed by atoms with E-state index in [0.29, 0.717) is 23.7 Å². The average molecular weight is 585 g/mol. The fraction of sp³-hybridized carbons (Fsp3) is 0.861. The number of rotatable bonds is 6. The van der Waals surface area contributed by atoms with E-state index < -0.39 is 28.7 Å². The van der Waals surface area contributed by atoms with Gasteiger partial charge in [0.2, 0.25) is 0 Å². The number of carboxylic acids is 2. The molecule has 0 aromatic rings. The Labute approximate surface area is 253 Å². The number of allylic oxidation sites excluding steroid dienone is 1. The van der Waals surface area contributed by atoms with E-state index in [1.165, 1.54) is 0 Å². The molecule has 5 aliphatic rings. The third-order valence-corrected chi connectivity index (χ3v) is 14.9. The molecule has 2 N–H and O–H groups in total. The van der Waals surface area contributed by atoms with Crippen LogP contribution in [0.5, 0.6) is 0 Å². The van der Waals surface area contributed by atoms with Crippen LogP contribution < -0.4 is 0 Å². The monoisotopic (exact) mass is 584 g/mol. The molecule has 5 unspecified atom stereocenters. The molecule has 0 heterocycles. The minimum atomic E-state index is -1.15. The van der Waals surface area contributed by atoms with Crippen molar-refractivity contribution in [2.75, 3.05) is 0 Å². The first-order valence-corrected chi connectivity index (χ1v) is 16.6. The van der Waals surface area contributed by atoms with E-state index in [9.17, 15) is 24.6 Å². The van der Waals surface area contributed by atoms with E-state index in [1.807, 2.05) is 0 Å². The Morgan fingerprint density at radius 3 is 2.10 bits per heavy atom. The highest BCUT2D eigenvalue weighted by atomic mass is 16.5. The molecule has 0 aliphatic heterocycles. The smallest absolute Gasteiger partial charge is 0.309 e. The molecule has 0 spiro atoms. The van der Waals surface area contributed by atoms with Crippen molar-refractivity contribution >= 4 is 17.9 Å². The van der Waals surface area contributed by atoms with Crippen molar-refractivity contribution in [3.8, 4) is 0 Å². The summed E-state index contributed by atoms with van der Waals surface area (Å²) in [5, 5.41) is 20.1. The highest BCUT2D eigenvalue weighted by Gasteiger charge is 2.72. The molecule has 42 heavy (non-hydrogen) atoms. The second-order valence-electron chi connectivity index (χ2n) is 17.4. The van der Waals surface area contributed by atoms with Crippen molar-refractivity contribution in [1.29, 1.82) is 0 Å². The van der Waals surface area contributed by atoms with Crippen molar-refractivity contribution in [2.24, 2.45) is 62.1 Å². The fourth-order valence-corrected chi connectivity index (χ4v) is 12.3. The summed E-state index contributed by atoms with van der Waals surface area (Å²) in [6, 6.07) is 0. The van der Waals surface area contributed by atoms with Crippen LogP contribution in [0.1, 0.15) is 126 Å². The Morgan fingerprint density at radius 1 is 0.833 bits per heavy atom. The zero-order valence-electron chi connectivity index (χ0n) is 27.5. The van der Waals surface area contributed by atoms with Gasteiger partial charge in [0.25, 0.3) is 0 Å². The number of hydrogen-bond donors (Lipinski definition) is 2. The second kappa shape index (κ2) is 9.83. The lowest BCUT2D eigenvalue weighted by atomic mass is 9.32. The number of carbonyl (C=O) groups is 3. The molecule has 0 bridgehead atoms. The summed E-state index contributed by atoms with van der Waals surface area (Å²) in [6.45, 7) is 21.7. The Bertz CT molecular complexity index is 1170. The van der Waals surface area contributed by atoms with Crippen LogP contribution in [0.15, 0.2) is 12.2 Å². The van der Waals surface area contributed by atoms with Gasteiger partial charge in [-0.1, -0.05) is 46.8 Å². The molecule has 5 fully saturated rings. The highest BCUT2D eigenvalue weighted by molar-refractivity contribution is 5.81. The second-order valence-corrected chi connectivity index (χ2v) is 17.4. The number of carbonyl (C=O) groups excluding carboxylic acids is 1. The standard InChI is InChI=1S/C36H56O6/c1-21(2)22-12-17-36(30(40)41)19-18-34(8)23(28(22)36)10-11-25-33(7)15-14-26(42-27(37)20-31(3,4)29(38)39)32(5,6)24(33)13-16-35(25,34)9/h22-26,28H,1,10-20H2,2-9H3,(H,38,39)(H,40,41)/t22?,23?,24?,25?,26-,28?,33-,34+,35+,36-/m0/s1. The van der Waals surface area contributed by atoms with E-state index >= 15 is 0 Å². The minimum Gasteiger partial charge on any atom is -0.481 e. The molecule has 0 radical (unpaired) electrons. The zero-order valence-corrected chi connectivity index (χ0v) is 27.5. The first-order chi connectivity index (χ1) is 19.3. The van der Waals surface area contributed by atoms with Gasteiger partial charge in [0.15, 0.2) is 0 Å². The first-order valence-electron chi connectivity index (χ1n) is 16.6. The van der Waals surface area contributed by atoms with Gasteiger partial charge in [-0.2, -0.15) is 0 Å². The Morgan fingerprint density at radius 2 is 1.50 bits per heavy atom. The van der Waals surface area contributed by atoms with E-state index in [-0.39, 0.29) is 40.1 Å². The molecule has 0 aromatic carbocycles. The summed E-state index contributed by atoms with van der Waals surface area (Å²) >= 11 is 0. The van der Waals surface area contributed by atoms with E-state index in [2.05, 4.69) is 48.1 Å². The number of carboxylic acid groups (broad SMARTS) is 2. The Balaban J connectivity index is 1.42. The van der Waals surface area contributed by atoms with Gasteiger partial charge in [-0.3, -0.25) is 14.4 Å². The SMILES string of the molecule is C=C(C)C1CC[C@]2(C(=O)O)CC[C@]3(C)C(CCC4[C@@]5(C)CC[C@H](OC(=O)CC(C)(C)C(=O)O)C(C)(C)C5CC[C@]43C)C12. The van der Waals surface area contributed by atoms with Crippen LogP contribution in [0, 0.1) is 62.1 Å². The van der Waals surface area contributed by atoms with Gasteiger partial charge in [0.05, 0.1) is 17.3 Å². The summed E-state index contributed by atoms with van der Waals surface area (Å²) in [6.07, 6.45) is 9.38. The summed E-state index contributed by atoms with van der Waals surface area (Å²) in [5.41, 5.74) is -0.477. The largest absolute Gasteiger partial charge is 0.481 e. The molecule has 5 rings (SSSR count). The normalized spacial score (nSPS) is 45.9. The van der Waals surface area contributed by atoms with Gasteiger partial charge < -0.3 is 14.9 Å². The van der Waals surface area contributed by atoms with Crippen molar-refractivity contribution in [3.63, 3.8) is 0 Å². The lowest BCUT2D eigenvalue weighted by Gasteiger charge is -2.72. The molecule has 10 atom stereocenters. The maximum atomic E-state index is 12.9. The lowest BCUT2D eigenvalue weighted by molar-refractivity contribution is -0.250. The number of hydrogen-bond acceptors (Lipinski definition) is 4. The van der Waals surface area contributed by atoms with Gasteiger partial charge in [0, 0.05) is 5.41 Å². The molecular weight excluding hydrogens is 528 g/mol. The maximum Gasteiger partial charge on any atom is 0.309 e. The van der Waals surface area contributed by atoms with Gasteiger partial charge in [-0.05, 0) is 131 Å². The fourth-order valence-electron chi connectivity index (χ4n) is 12.3. The zero-order chi connectivity index (χ0) is 31.3. The molecule has 6 nitrogen and oxygen atoms in total. The molecule has 6 heteroatoms. The molecular formula is C36H56O6. The molecule has 236 valence electrons. The molecule has 0 saturated heterocycles. The van der Waals surface area contributed by atoms with Gasteiger partial charge in [-0.15, -0.1) is 0 Å². The van der Waals surface area contributed by atoms with E-state index in [0.717, 1.165) is 69.8 Å². The summed E-state index contributed by atoms with van der Waals surface area (Å²) in [5.74, 6) is -0.165. The Kier molecular flexibility index (Phi) is 7.39. The third kappa shape index (κ3) is 4.19. The average Bonchev–Trinajstić information content (AvgIpc) is 3.27. The third-order valence-electron chi connectivity index (χ3n) is 14.9. The Hall–Kier alpha value is -1.85. The molecule has 5 aliphatic carbocycles. The molecule has 0 aromatic heterocycles. The lowest BCUT2D eigenvalue weighted by Crippen LogP contribution is -2.67. The first kappa shape index (κ1) is 31.6. The van der Waals surface area contributed by atoms with Crippen molar-refractivity contribution < 1.29 is 29.3 Å². The summed E-state index contributed by atoms with van der Waals surface area (Å²) in [7, 11) is 0. The van der Waals surface area contributed by atoms with E-state index in [1.54, 1.807) is 13.8 Å². The van der Waals surface area contributed by atoms with Crippen LogP contribution in [0.4, 0.5) is 0 Å². The quantitative estimate of drug-likeness (QED) is 0.241. The highest BCUT2D eigenvalue weighted by Crippen LogP contribution is 2.77. The van der Waals surface area contributed by atoms with Crippen LogP contribution in [-0.4, -0.2) is 34.2 Å². The van der Waals surface area contributed by atoms with Crippen LogP contribution in [0.3, 0.4) is 0 Å². The van der Waals surface area contributed by atoms with E-state index in [4.69, 9.17) is 4.74 Å². The summed E-state index contributed by atoms with van der Waals surface area (Å²) < 4.78 is 6.10. The van der Waals surface area contributed by atoms with Gasteiger partial charge in [-0.25, -0.2) is 0 Å². The van der Waals surface area contributed by atoms with Crippen LogP contribution in [0.2, 0.25) is 0 Å². The minimum absolute atomic E-state index is 0.0847. The van der Waals surface area contributed by atoms with Gasteiger partial charge >= 0.3 is 17.9 Å². The van der Waals surface area contributed by atoms with Crippen LogP contribution >= 0.6 is 0 Å². The summed E-state index contributed by atoms with van der Waals surface area (Å²) in [4.78, 5) is 37.5. The molecule has 5 saturated carbocycles. The maximum absolute atomic E-state index is 12.9. The topological polar surface area (TPSA) is 101 Å². The number of aliphatic carboxylic acids is 2. The van der Waals surface area contributed by atoms with Crippen molar-refractivity contribution in [1.82, 2.24) is 0 Å². The number of fused-ring (bicyclic) bond motifs is 7.